The third kappa shape index (κ3) is 6.13. The van der Waals surface area contributed by atoms with E-state index in [4.69, 9.17) is 4.74 Å². The Labute approximate surface area is 93.2 Å². The first kappa shape index (κ1) is 12.9. The predicted octanol–water partition coefficient (Wildman–Crippen LogP) is 0.668. The van der Waals surface area contributed by atoms with Crippen LogP contribution in [-0.4, -0.2) is 36.0 Å². The van der Waals surface area contributed by atoms with Gasteiger partial charge in [0.05, 0.1) is 18.2 Å². The summed E-state index contributed by atoms with van der Waals surface area (Å²) in [5.41, 5.74) is -0.145. The minimum Gasteiger partial charge on any atom is -0.385 e. The van der Waals surface area contributed by atoms with Gasteiger partial charge in [0.25, 0.3) is 0 Å². The van der Waals surface area contributed by atoms with E-state index in [0.29, 0.717) is 6.61 Å². The van der Waals surface area contributed by atoms with Gasteiger partial charge in [0.2, 0.25) is 0 Å². The van der Waals surface area contributed by atoms with E-state index in [9.17, 15) is 5.11 Å². The van der Waals surface area contributed by atoms with Gasteiger partial charge in [-0.2, -0.15) is 0 Å². The molecule has 0 amide bonds. The van der Waals surface area contributed by atoms with E-state index in [2.05, 4.69) is 5.32 Å². The second-order valence-corrected chi connectivity index (χ2v) is 5.59. The van der Waals surface area contributed by atoms with Crippen molar-refractivity contribution in [2.45, 2.75) is 64.2 Å². The van der Waals surface area contributed by atoms with E-state index in [-0.39, 0.29) is 11.7 Å². The van der Waals surface area contributed by atoms with Crippen molar-refractivity contribution in [2.75, 3.05) is 13.2 Å². The number of aliphatic hydroxyl groups excluding tert-OH is 1. The summed E-state index contributed by atoms with van der Waals surface area (Å²) in [4.78, 5) is 0. The van der Waals surface area contributed by atoms with Gasteiger partial charge in [0.1, 0.15) is 12.6 Å². The van der Waals surface area contributed by atoms with Gasteiger partial charge in [-0.05, 0) is 46.5 Å². The molecule has 0 heterocycles. The number of quaternary nitrogens is 1. The largest absolute Gasteiger partial charge is 0.385 e. The lowest BCUT2D eigenvalue weighted by molar-refractivity contribution is -0.693. The zero-order chi connectivity index (χ0) is 11.3. The number of nitrogens with two attached hydrogens (primary N) is 1. The normalized spacial score (nSPS) is 20.8. The van der Waals surface area contributed by atoms with Crippen LogP contribution in [0.3, 0.4) is 0 Å². The van der Waals surface area contributed by atoms with Crippen molar-refractivity contribution < 1.29 is 15.2 Å². The molecule has 0 aromatic heterocycles. The molecule has 0 aliphatic heterocycles. The highest BCUT2D eigenvalue weighted by atomic mass is 16.5. The van der Waals surface area contributed by atoms with Crippen LogP contribution < -0.4 is 5.32 Å². The van der Waals surface area contributed by atoms with Crippen molar-refractivity contribution in [1.82, 2.24) is 0 Å². The summed E-state index contributed by atoms with van der Waals surface area (Å²) in [6.45, 7) is 7.27. The molecule has 1 aliphatic carbocycles. The standard InChI is InChI=1S/C12H25NO2/c1-12(2,3)15-9-11(14)8-13-10-6-4-5-7-10/h10-11,13-14H,4-9H2,1-3H3/p+1/t11-/m0/s1. The fraction of sp³-hybridized carbons (Fsp3) is 1.00. The fourth-order valence-electron chi connectivity index (χ4n) is 1.96. The zero-order valence-electron chi connectivity index (χ0n) is 10.3. The van der Waals surface area contributed by atoms with Crippen LogP contribution in [0.5, 0.6) is 0 Å². The highest BCUT2D eigenvalue weighted by molar-refractivity contribution is 4.65. The van der Waals surface area contributed by atoms with Gasteiger partial charge in [0.15, 0.2) is 0 Å². The van der Waals surface area contributed by atoms with Crippen molar-refractivity contribution in [3.05, 3.63) is 0 Å². The second-order valence-electron chi connectivity index (χ2n) is 5.59. The van der Waals surface area contributed by atoms with Gasteiger partial charge in [-0.25, -0.2) is 0 Å². The van der Waals surface area contributed by atoms with Crippen LogP contribution >= 0.6 is 0 Å². The highest BCUT2D eigenvalue weighted by Crippen LogP contribution is 2.14. The lowest BCUT2D eigenvalue weighted by Crippen LogP contribution is -2.91. The number of hydrogen-bond donors (Lipinski definition) is 2. The third-order valence-electron chi connectivity index (χ3n) is 2.85. The molecule has 0 saturated heterocycles. The Kier molecular flexibility index (Phi) is 5.03. The van der Waals surface area contributed by atoms with Gasteiger partial charge in [-0.1, -0.05) is 0 Å². The number of hydrogen-bond acceptors (Lipinski definition) is 2. The summed E-state index contributed by atoms with van der Waals surface area (Å²) in [6, 6.07) is 0.745. The van der Waals surface area contributed by atoms with Crippen LogP contribution in [0.4, 0.5) is 0 Å². The Bertz CT molecular complexity index is 171. The molecule has 0 radical (unpaired) electrons. The minimum absolute atomic E-state index is 0.145. The van der Waals surface area contributed by atoms with Gasteiger partial charge in [-0.3, -0.25) is 0 Å². The van der Waals surface area contributed by atoms with Gasteiger partial charge in [-0.15, -0.1) is 0 Å². The molecule has 0 aromatic rings. The first-order valence-corrected chi connectivity index (χ1v) is 6.13. The maximum absolute atomic E-state index is 9.72. The Morgan fingerprint density at radius 3 is 2.47 bits per heavy atom. The van der Waals surface area contributed by atoms with E-state index < -0.39 is 0 Å². The lowest BCUT2D eigenvalue weighted by Gasteiger charge is -2.21. The summed E-state index contributed by atoms with van der Waals surface area (Å²) in [5, 5.41) is 12.0. The van der Waals surface area contributed by atoms with Crippen LogP contribution in [0, 0.1) is 0 Å². The SMILES string of the molecule is CC(C)(C)OC[C@@H](O)C[NH2+]C1CCCC1. The number of ether oxygens (including phenoxy) is 1. The van der Waals surface area contributed by atoms with Crippen LogP contribution in [0.2, 0.25) is 0 Å². The summed E-state index contributed by atoms with van der Waals surface area (Å²) >= 11 is 0. The first-order chi connectivity index (χ1) is 6.97. The molecular weight excluding hydrogens is 190 g/mol. The molecular formula is C12H26NO2+. The van der Waals surface area contributed by atoms with Gasteiger partial charge in [0, 0.05) is 0 Å². The molecule has 15 heavy (non-hydrogen) atoms. The second kappa shape index (κ2) is 5.83. The molecule has 0 unspecified atom stereocenters. The molecule has 1 aliphatic rings. The van der Waals surface area contributed by atoms with Gasteiger partial charge < -0.3 is 15.2 Å². The van der Waals surface area contributed by atoms with E-state index in [1.807, 2.05) is 20.8 Å². The molecule has 1 saturated carbocycles. The summed E-state index contributed by atoms with van der Waals surface area (Å²) in [6.07, 6.45) is 5.01. The van der Waals surface area contributed by atoms with E-state index in [0.717, 1.165) is 12.6 Å². The van der Waals surface area contributed by atoms with E-state index in [1.54, 1.807) is 0 Å². The molecule has 0 spiro atoms. The summed E-state index contributed by atoms with van der Waals surface area (Å²) in [5.74, 6) is 0. The molecule has 3 nitrogen and oxygen atoms in total. The van der Waals surface area contributed by atoms with Gasteiger partial charge >= 0.3 is 0 Å². The van der Waals surface area contributed by atoms with Crippen LogP contribution in [0.25, 0.3) is 0 Å². The predicted molar refractivity (Wildman–Crippen MR) is 60.8 cm³/mol. The summed E-state index contributed by atoms with van der Waals surface area (Å²) in [7, 11) is 0. The highest BCUT2D eigenvalue weighted by Gasteiger charge is 2.20. The third-order valence-corrected chi connectivity index (χ3v) is 2.85. The maximum Gasteiger partial charge on any atom is 0.126 e. The number of rotatable bonds is 5. The zero-order valence-corrected chi connectivity index (χ0v) is 10.3. The fourth-order valence-corrected chi connectivity index (χ4v) is 1.96. The molecule has 1 fully saturated rings. The Morgan fingerprint density at radius 2 is 1.93 bits per heavy atom. The monoisotopic (exact) mass is 216 g/mol. The Hall–Kier alpha value is -0.120. The molecule has 3 heteroatoms. The number of aliphatic hydroxyl groups is 1. The van der Waals surface area contributed by atoms with Crippen LogP contribution in [0.15, 0.2) is 0 Å². The Morgan fingerprint density at radius 1 is 1.33 bits per heavy atom. The molecule has 0 bridgehead atoms. The molecule has 0 aromatic carbocycles. The molecule has 90 valence electrons. The maximum atomic E-state index is 9.72. The van der Waals surface area contributed by atoms with Crippen molar-refractivity contribution in [1.29, 1.82) is 0 Å². The Balaban J connectivity index is 2.05. The average molecular weight is 216 g/mol. The molecule has 3 N–H and O–H groups in total. The van der Waals surface area contributed by atoms with Crippen LogP contribution in [-0.2, 0) is 4.74 Å². The van der Waals surface area contributed by atoms with Crippen molar-refractivity contribution >= 4 is 0 Å². The first-order valence-electron chi connectivity index (χ1n) is 6.13. The van der Waals surface area contributed by atoms with Crippen LogP contribution in [0.1, 0.15) is 46.5 Å². The molecule has 1 atom stereocenters. The smallest absolute Gasteiger partial charge is 0.126 e. The van der Waals surface area contributed by atoms with Crippen molar-refractivity contribution in [2.24, 2.45) is 0 Å². The van der Waals surface area contributed by atoms with E-state index >= 15 is 0 Å². The minimum atomic E-state index is -0.329. The van der Waals surface area contributed by atoms with Crippen molar-refractivity contribution in [3.63, 3.8) is 0 Å². The topological polar surface area (TPSA) is 46.1 Å². The molecule has 1 rings (SSSR count). The average Bonchev–Trinajstić information content (AvgIpc) is 2.62. The summed E-state index contributed by atoms with van der Waals surface area (Å²) < 4.78 is 5.54. The van der Waals surface area contributed by atoms with Crippen molar-refractivity contribution in [3.8, 4) is 0 Å². The van der Waals surface area contributed by atoms with E-state index in [1.165, 1.54) is 25.7 Å². The quantitative estimate of drug-likeness (QED) is 0.709. The lowest BCUT2D eigenvalue weighted by atomic mass is 10.2.